The van der Waals surface area contributed by atoms with E-state index in [0.717, 1.165) is 36.4 Å². The standard InChI is InChI=1S/C19H21NO3/c1-14-4-8-16(9-5-14)20-19(21)15-6-10-17(11-7-15)23-13-18-3-2-12-22-18/h4-11,18H,2-3,12-13H2,1H3,(H,20,21)/t18-/m0/s1. The molecular weight excluding hydrogens is 290 g/mol. The molecule has 1 aliphatic heterocycles. The minimum absolute atomic E-state index is 0.125. The van der Waals surface area contributed by atoms with Crippen LogP contribution in [-0.4, -0.2) is 25.2 Å². The quantitative estimate of drug-likeness (QED) is 0.913. The second-order valence-corrected chi connectivity index (χ2v) is 5.79. The van der Waals surface area contributed by atoms with Gasteiger partial charge in [0.25, 0.3) is 5.91 Å². The average Bonchev–Trinajstić information content (AvgIpc) is 3.09. The van der Waals surface area contributed by atoms with Gasteiger partial charge in [-0.3, -0.25) is 4.79 Å². The van der Waals surface area contributed by atoms with Crippen molar-refractivity contribution in [3.63, 3.8) is 0 Å². The fourth-order valence-corrected chi connectivity index (χ4v) is 2.51. The molecule has 23 heavy (non-hydrogen) atoms. The van der Waals surface area contributed by atoms with Crippen molar-refractivity contribution in [1.29, 1.82) is 0 Å². The van der Waals surface area contributed by atoms with Gasteiger partial charge in [-0.2, -0.15) is 0 Å². The van der Waals surface area contributed by atoms with Gasteiger partial charge in [0, 0.05) is 17.9 Å². The van der Waals surface area contributed by atoms with Crippen LogP contribution in [0, 0.1) is 6.92 Å². The number of hydrogen-bond acceptors (Lipinski definition) is 3. The molecule has 120 valence electrons. The summed E-state index contributed by atoms with van der Waals surface area (Å²) in [6.45, 7) is 3.40. The third-order valence-electron chi connectivity index (χ3n) is 3.89. The van der Waals surface area contributed by atoms with Crippen LogP contribution in [0.25, 0.3) is 0 Å². The number of benzene rings is 2. The van der Waals surface area contributed by atoms with Crippen molar-refractivity contribution in [2.75, 3.05) is 18.5 Å². The van der Waals surface area contributed by atoms with Gasteiger partial charge < -0.3 is 14.8 Å². The van der Waals surface area contributed by atoms with Gasteiger partial charge in [0.05, 0.1) is 6.10 Å². The van der Waals surface area contributed by atoms with Crippen LogP contribution in [0.15, 0.2) is 48.5 Å². The predicted octanol–water partition coefficient (Wildman–Crippen LogP) is 3.81. The van der Waals surface area contributed by atoms with E-state index in [1.165, 1.54) is 0 Å². The molecule has 1 heterocycles. The summed E-state index contributed by atoms with van der Waals surface area (Å²) < 4.78 is 11.2. The molecule has 1 amide bonds. The molecule has 0 aliphatic carbocycles. The van der Waals surface area contributed by atoms with Crippen molar-refractivity contribution < 1.29 is 14.3 Å². The molecule has 4 heteroatoms. The first-order chi connectivity index (χ1) is 11.2. The molecule has 1 fully saturated rings. The highest BCUT2D eigenvalue weighted by Gasteiger charge is 2.16. The molecule has 4 nitrogen and oxygen atoms in total. The van der Waals surface area contributed by atoms with Crippen molar-refractivity contribution in [3.8, 4) is 5.75 Å². The molecule has 1 aliphatic rings. The highest BCUT2D eigenvalue weighted by Crippen LogP contribution is 2.17. The highest BCUT2D eigenvalue weighted by atomic mass is 16.5. The second kappa shape index (κ2) is 7.29. The largest absolute Gasteiger partial charge is 0.491 e. The Kier molecular flexibility index (Phi) is 4.93. The molecule has 1 N–H and O–H groups in total. The lowest BCUT2D eigenvalue weighted by atomic mass is 10.2. The van der Waals surface area contributed by atoms with Crippen molar-refractivity contribution in [3.05, 3.63) is 59.7 Å². The van der Waals surface area contributed by atoms with E-state index in [0.29, 0.717) is 12.2 Å². The van der Waals surface area contributed by atoms with Crippen molar-refractivity contribution in [1.82, 2.24) is 0 Å². The Morgan fingerprint density at radius 2 is 1.91 bits per heavy atom. The molecule has 2 aromatic rings. The first-order valence-electron chi connectivity index (χ1n) is 7.93. The van der Waals surface area contributed by atoms with Gasteiger partial charge in [-0.15, -0.1) is 0 Å². The molecule has 0 aromatic heterocycles. The molecule has 2 aromatic carbocycles. The van der Waals surface area contributed by atoms with Gasteiger partial charge in [0.15, 0.2) is 0 Å². The zero-order valence-corrected chi connectivity index (χ0v) is 13.2. The van der Waals surface area contributed by atoms with Crippen molar-refractivity contribution >= 4 is 11.6 Å². The first-order valence-corrected chi connectivity index (χ1v) is 7.93. The fraction of sp³-hybridized carbons (Fsp3) is 0.316. The van der Waals surface area contributed by atoms with Gasteiger partial charge >= 0.3 is 0 Å². The molecule has 3 rings (SSSR count). The minimum atomic E-state index is -0.125. The lowest BCUT2D eigenvalue weighted by molar-refractivity contribution is 0.0679. The molecule has 0 unspecified atom stereocenters. The van der Waals surface area contributed by atoms with E-state index >= 15 is 0 Å². The molecule has 1 atom stereocenters. The Morgan fingerprint density at radius 1 is 1.17 bits per heavy atom. The van der Waals surface area contributed by atoms with E-state index in [4.69, 9.17) is 9.47 Å². The Labute approximate surface area is 136 Å². The lowest BCUT2D eigenvalue weighted by Gasteiger charge is -2.12. The van der Waals surface area contributed by atoms with E-state index < -0.39 is 0 Å². The highest BCUT2D eigenvalue weighted by molar-refractivity contribution is 6.04. The Balaban J connectivity index is 1.55. The zero-order chi connectivity index (χ0) is 16.1. The molecule has 0 radical (unpaired) electrons. The smallest absolute Gasteiger partial charge is 0.255 e. The summed E-state index contributed by atoms with van der Waals surface area (Å²) in [5.41, 5.74) is 2.56. The van der Waals surface area contributed by atoms with Crippen LogP contribution in [-0.2, 0) is 4.74 Å². The van der Waals surface area contributed by atoms with Gasteiger partial charge in [0.1, 0.15) is 12.4 Å². The van der Waals surface area contributed by atoms with Crippen molar-refractivity contribution in [2.24, 2.45) is 0 Å². The Hall–Kier alpha value is -2.33. The monoisotopic (exact) mass is 311 g/mol. The summed E-state index contributed by atoms with van der Waals surface area (Å²) in [7, 11) is 0. The van der Waals surface area contributed by atoms with Crippen LogP contribution in [0.3, 0.4) is 0 Å². The van der Waals surface area contributed by atoms with Crippen LogP contribution in [0.1, 0.15) is 28.8 Å². The summed E-state index contributed by atoms with van der Waals surface area (Å²) >= 11 is 0. The predicted molar refractivity (Wildman–Crippen MR) is 90.0 cm³/mol. The minimum Gasteiger partial charge on any atom is -0.491 e. The molecule has 0 bridgehead atoms. The van der Waals surface area contributed by atoms with E-state index in [9.17, 15) is 4.79 Å². The van der Waals surface area contributed by atoms with E-state index in [2.05, 4.69) is 5.32 Å². The van der Waals surface area contributed by atoms with Crippen LogP contribution in [0.5, 0.6) is 5.75 Å². The van der Waals surface area contributed by atoms with E-state index in [-0.39, 0.29) is 12.0 Å². The fourth-order valence-electron chi connectivity index (χ4n) is 2.51. The van der Waals surface area contributed by atoms with E-state index in [1.54, 1.807) is 12.1 Å². The maximum atomic E-state index is 12.2. The molecule has 0 saturated carbocycles. The summed E-state index contributed by atoms with van der Waals surface area (Å²) in [5.74, 6) is 0.631. The van der Waals surface area contributed by atoms with Crippen LogP contribution < -0.4 is 10.1 Å². The summed E-state index contributed by atoms with van der Waals surface area (Å²) in [5, 5.41) is 2.88. The van der Waals surface area contributed by atoms with Gasteiger partial charge in [-0.25, -0.2) is 0 Å². The SMILES string of the molecule is Cc1ccc(NC(=O)c2ccc(OC[C@@H]3CCCO3)cc2)cc1. The van der Waals surface area contributed by atoms with Crippen molar-refractivity contribution in [2.45, 2.75) is 25.9 Å². The number of nitrogens with one attached hydrogen (secondary N) is 1. The van der Waals surface area contributed by atoms with Crippen LogP contribution in [0.4, 0.5) is 5.69 Å². The summed E-state index contributed by atoms with van der Waals surface area (Å²) in [6.07, 6.45) is 2.35. The summed E-state index contributed by atoms with van der Waals surface area (Å²) in [4.78, 5) is 12.2. The number of aryl methyl sites for hydroxylation is 1. The third-order valence-corrected chi connectivity index (χ3v) is 3.89. The Morgan fingerprint density at radius 3 is 2.57 bits per heavy atom. The topological polar surface area (TPSA) is 47.6 Å². The van der Waals surface area contributed by atoms with Gasteiger partial charge in [0.2, 0.25) is 0 Å². The average molecular weight is 311 g/mol. The number of rotatable bonds is 5. The molecule has 1 saturated heterocycles. The van der Waals surface area contributed by atoms with Crippen LogP contribution >= 0.6 is 0 Å². The number of hydrogen-bond donors (Lipinski definition) is 1. The number of ether oxygens (including phenoxy) is 2. The second-order valence-electron chi connectivity index (χ2n) is 5.79. The number of anilines is 1. The molecule has 0 spiro atoms. The zero-order valence-electron chi connectivity index (χ0n) is 13.2. The lowest BCUT2D eigenvalue weighted by Crippen LogP contribution is -2.16. The Bertz CT molecular complexity index is 643. The first kappa shape index (κ1) is 15.6. The maximum absolute atomic E-state index is 12.2. The number of carbonyl (C=O) groups excluding carboxylic acids is 1. The molecular formula is C19H21NO3. The number of amides is 1. The van der Waals surface area contributed by atoms with Gasteiger partial charge in [-0.1, -0.05) is 17.7 Å². The number of carbonyl (C=O) groups is 1. The normalized spacial score (nSPS) is 17.0. The van der Waals surface area contributed by atoms with Crippen LogP contribution in [0.2, 0.25) is 0 Å². The third kappa shape index (κ3) is 4.33. The van der Waals surface area contributed by atoms with E-state index in [1.807, 2.05) is 43.3 Å². The maximum Gasteiger partial charge on any atom is 0.255 e. The van der Waals surface area contributed by atoms with Gasteiger partial charge in [-0.05, 0) is 56.2 Å². The summed E-state index contributed by atoms with van der Waals surface area (Å²) in [6, 6.07) is 14.9.